The molecule has 0 aliphatic rings. The van der Waals surface area contributed by atoms with Crippen molar-refractivity contribution in [2.45, 2.75) is 38.6 Å². The molecule has 0 atom stereocenters. The van der Waals surface area contributed by atoms with Gasteiger partial charge in [-0.2, -0.15) is 4.31 Å². The molecule has 0 aliphatic heterocycles. The fourth-order valence-electron chi connectivity index (χ4n) is 1.90. The lowest BCUT2D eigenvalue weighted by atomic mass is 10.2. The summed E-state index contributed by atoms with van der Waals surface area (Å²) in [7, 11) is -3.42. The summed E-state index contributed by atoms with van der Waals surface area (Å²) in [5.74, 6) is 0. The molecule has 0 saturated carbocycles. The zero-order valence-electron chi connectivity index (χ0n) is 10.8. The van der Waals surface area contributed by atoms with Gasteiger partial charge < -0.3 is 5.73 Å². The average Bonchev–Trinajstić information content (AvgIpc) is 2.16. The maximum atomic E-state index is 12.4. The first-order valence-electron chi connectivity index (χ1n) is 5.68. The molecule has 1 aromatic carbocycles. The lowest BCUT2D eigenvalue weighted by Gasteiger charge is -2.25. The molecule has 1 rings (SSSR count). The van der Waals surface area contributed by atoms with Gasteiger partial charge in [0.05, 0.1) is 4.90 Å². The van der Waals surface area contributed by atoms with Crippen molar-refractivity contribution >= 4 is 15.7 Å². The van der Waals surface area contributed by atoms with E-state index in [1.165, 1.54) is 4.31 Å². The van der Waals surface area contributed by atoms with Crippen molar-refractivity contribution < 1.29 is 8.42 Å². The molecule has 96 valence electrons. The van der Waals surface area contributed by atoms with E-state index < -0.39 is 10.0 Å². The number of sulfonamides is 1. The van der Waals surface area contributed by atoms with Crippen LogP contribution in [0, 0.1) is 6.92 Å². The normalized spacial score (nSPS) is 12.4. The summed E-state index contributed by atoms with van der Waals surface area (Å²) < 4.78 is 26.3. The highest BCUT2D eigenvalue weighted by Crippen LogP contribution is 2.23. The van der Waals surface area contributed by atoms with Crippen LogP contribution in [0.15, 0.2) is 23.1 Å². The number of nitrogens with two attached hydrogens (primary N) is 1. The monoisotopic (exact) mass is 256 g/mol. The topological polar surface area (TPSA) is 63.4 Å². The van der Waals surface area contributed by atoms with Crippen LogP contribution in [0.2, 0.25) is 0 Å². The molecule has 0 unspecified atom stereocenters. The molecule has 0 spiro atoms. The molecule has 1 aromatic rings. The molecule has 4 nitrogen and oxygen atoms in total. The van der Waals surface area contributed by atoms with Crippen molar-refractivity contribution in [3.8, 4) is 0 Å². The van der Waals surface area contributed by atoms with Gasteiger partial charge in [-0.05, 0) is 44.5 Å². The van der Waals surface area contributed by atoms with Crippen molar-refractivity contribution in [1.82, 2.24) is 4.31 Å². The highest BCUT2D eigenvalue weighted by molar-refractivity contribution is 7.89. The Morgan fingerprint density at radius 1 is 1.35 bits per heavy atom. The summed E-state index contributed by atoms with van der Waals surface area (Å²) in [5.41, 5.74) is 6.89. The summed E-state index contributed by atoms with van der Waals surface area (Å²) in [5, 5.41) is 0. The third-order valence-electron chi connectivity index (χ3n) is 2.67. The first-order valence-corrected chi connectivity index (χ1v) is 7.12. The number of benzene rings is 1. The SMILES string of the molecule is CCN(C(C)C)S(=O)(=O)c1ccc(N)cc1C. The molecule has 0 heterocycles. The van der Waals surface area contributed by atoms with Crippen molar-refractivity contribution in [1.29, 1.82) is 0 Å². The van der Waals surface area contributed by atoms with Gasteiger partial charge in [0, 0.05) is 18.3 Å². The Morgan fingerprint density at radius 3 is 2.35 bits per heavy atom. The second-order valence-corrected chi connectivity index (χ2v) is 6.19. The number of nitrogen functional groups attached to an aromatic ring is 1. The van der Waals surface area contributed by atoms with E-state index in [4.69, 9.17) is 5.73 Å². The van der Waals surface area contributed by atoms with E-state index >= 15 is 0 Å². The first kappa shape index (κ1) is 14.0. The second-order valence-electron chi connectivity index (χ2n) is 4.33. The minimum atomic E-state index is -3.42. The zero-order valence-corrected chi connectivity index (χ0v) is 11.6. The molecule has 0 fully saturated rings. The smallest absolute Gasteiger partial charge is 0.243 e. The summed E-state index contributed by atoms with van der Waals surface area (Å²) in [6.07, 6.45) is 0. The molecule has 5 heteroatoms. The number of rotatable bonds is 4. The number of aryl methyl sites for hydroxylation is 1. The fourth-order valence-corrected chi connectivity index (χ4v) is 3.75. The highest BCUT2D eigenvalue weighted by Gasteiger charge is 2.26. The molecule has 0 aromatic heterocycles. The van der Waals surface area contributed by atoms with Crippen LogP contribution in [0.25, 0.3) is 0 Å². The Labute approximate surface area is 103 Å². The fraction of sp³-hybridized carbons (Fsp3) is 0.500. The Bertz CT molecular complexity index is 495. The van der Waals surface area contributed by atoms with Crippen LogP contribution in [0.3, 0.4) is 0 Å². The van der Waals surface area contributed by atoms with Crippen LogP contribution in [0.5, 0.6) is 0 Å². The van der Waals surface area contributed by atoms with Gasteiger partial charge in [0.15, 0.2) is 0 Å². The van der Waals surface area contributed by atoms with E-state index in [1.807, 2.05) is 20.8 Å². The lowest BCUT2D eigenvalue weighted by Crippen LogP contribution is -2.37. The molecule has 0 amide bonds. The maximum absolute atomic E-state index is 12.4. The number of hydrogen-bond donors (Lipinski definition) is 1. The molecular weight excluding hydrogens is 236 g/mol. The van der Waals surface area contributed by atoms with Gasteiger partial charge in [0.2, 0.25) is 10.0 Å². The van der Waals surface area contributed by atoms with Crippen LogP contribution in [0.4, 0.5) is 5.69 Å². The zero-order chi connectivity index (χ0) is 13.2. The van der Waals surface area contributed by atoms with E-state index in [-0.39, 0.29) is 6.04 Å². The minimum absolute atomic E-state index is 0.0537. The number of hydrogen-bond acceptors (Lipinski definition) is 3. The second kappa shape index (κ2) is 5.06. The standard InChI is InChI=1S/C12H20N2O2S/c1-5-14(9(2)3)17(15,16)12-7-6-11(13)8-10(12)4/h6-9H,5,13H2,1-4H3. The van der Waals surface area contributed by atoms with Crippen molar-refractivity contribution in [2.75, 3.05) is 12.3 Å². The van der Waals surface area contributed by atoms with E-state index in [9.17, 15) is 8.42 Å². The van der Waals surface area contributed by atoms with Gasteiger partial charge in [-0.3, -0.25) is 0 Å². The summed E-state index contributed by atoms with van der Waals surface area (Å²) >= 11 is 0. The Kier molecular flexibility index (Phi) is 4.16. The van der Waals surface area contributed by atoms with Crippen LogP contribution in [0.1, 0.15) is 26.3 Å². The van der Waals surface area contributed by atoms with Crippen LogP contribution in [-0.2, 0) is 10.0 Å². The van der Waals surface area contributed by atoms with Crippen LogP contribution >= 0.6 is 0 Å². The van der Waals surface area contributed by atoms with Gasteiger partial charge in [0.25, 0.3) is 0 Å². The third-order valence-corrected chi connectivity index (χ3v) is 4.98. The predicted molar refractivity (Wildman–Crippen MR) is 70.3 cm³/mol. The molecule has 0 aliphatic carbocycles. The van der Waals surface area contributed by atoms with Gasteiger partial charge in [0.1, 0.15) is 0 Å². The van der Waals surface area contributed by atoms with E-state index in [0.717, 1.165) is 0 Å². The Hall–Kier alpha value is -1.07. The first-order chi connectivity index (χ1) is 7.80. The van der Waals surface area contributed by atoms with Gasteiger partial charge in [-0.25, -0.2) is 8.42 Å². The van der Waals surface area contributed by atoms with E-state index in [1.54, 1.807) is 25.1 Å². The van der Waals surface area contributed by atoms with E-state index in [0.29, 0.717) is 22.7 Å². The van der Waals surface area contributed by atoms with Crippen molar-refractivity contribution in [3.05, 3.63) is 23.8 Å². The van der Waals surface area contributed by atoms with Crippen LogP contribution < -0.4 is 5.73 Å². The Balaban J connectivity index is 3.30. The summed E-state index contributed by atoms with van der Waals surface area (Å²) in [4.78, 5) is 0.335. The molecule has 0 saturated heterocycles. The van der Waals surface area contributed by atoms with E-state index in [2.05, 4.69) is 0 Å². The third kappa shape index (κ3) is 2.79. The lowest BCUT2D eigenvalue weighted by molar-refractivity contribution is 0.369. The van der Waals surface area contributed by atoms with Gasteiger partial charge in [-0.1, -0.05) is 6.92 Å². The van der Waals surface area contributed by atoms with Crippen molar-refractivity contribution in [2.24, 2.45) is 0 Å². The summed E-state index contributed by atoms with van der Waals surface area (Å²) in [6.45, 7) is 7.80. The van der Waals surface area contributed by atoms with Crippen molar-refractivity contribution in [3.63, 3.8) is 0 Å². The summed E-state index contributed by atoms with van der Waals surface area (Å²) in [6, 6.07) is 4.82. The molecular formula is C12H20N2O2S. The highest BCUT2D eigenvalue weighted by atomic mass is 32.2. The molecule has 2 N–H and O–H groups in total. The molecule has 0 radical (unpaired) electrons. The quantitative estimate of drug-likeness (QED) is 0.838. The minimum Gasteiger partial charge on any atom is -0.399 e. The van der Waals surface area contributed by atoms with Crippen LogP contribution in [-0.4, -0.2) is 25.3 Å². The number of anilines is 1. The largest absolute Gasteiger partial charge is 0.399 e. The van der Waals surface area contributed by atoms with Gasteiger partial charge in [-0.15, -0.1) is 0 Å². The Morgan fingerprint density at radius 2 is 1.94 bits per heavy atom. The molecule has 0 bridgehead atoms. The van der Waals surface area contributed by atoms with Gasteiger partial charge >= 0.3 is 0 Å². The maximum Gasteiger partial charge on any atom is 0.243 e. The number of nitrogens with zero attached hydrogens (tertiary/aromatic N) is 1. The predicted octanol–water partition coefficient (Wildman–Crippen LogP) is 2.00. The average molecular weight is 256 g/mol. The molecule has 17 heavy (non-hydrogen) atoms.